The molecule has 0 radical (unpaired) electrons. The van der Waals surface area contributed by atoms with Crippen molar-refractivity contribution in [2.24, 2.45) is 4.99 Å². The average molecular weight is 272 g/mol. The maximum atomic E-state index is 4.84. The molecule has 0 spiro atoms. The Bertz CT molecular complexity index is 632. The average Bonchev–Trinajstić information content (AvgIpc) is 2.72. The van der Waals surface area contributed by atoms with E-state index in [-0.39, 0.29) is 0 Å². The van der Waals surface area contributed by atoms with E-state index in [2.05, 4.69) is 55.5 Å². The second-order valence-corrected chi connectivity index (χ2v) is 5.72. The first-order chi connectivity index (χ1) is 9.13. The lowest BCUT2D eigenvalue weighted by molar-refractivity contribution is 0.760. The second-order valence-electron chi connectivity index (χ2n) is 4.88. The Labute approximate surface area is 118 Å². The van der Waals surface area contributed by atoms with Gasteiger partial charge >= 0.3 is 0 Å². The van der Waals surface area contributed by atoms with Crippen LogP contribution < -0.4 is 4.80 Å². The van der Waals surface area contributed by atoms with Gasteiger partial charge in [0.25, 0.3) is 0 Å². The maximum absolute atomic E-state index is 4.84. The number of aromatic nitrogens is 1. The Kier molecular flexibility index (Phi) is 4.38. The van der Waals surface area contributed by atoms with E-state index in [1.54, 1.807) is 11.3 Å². The predicted molar refractivity (Wildman–Crippen MR) is 83.0 cm³/mol. The van der Waals surface area contributed by atoms with Crippen molar-refractivity contribution in [3.05, 3.63) is 58.4 Å². The van der Waals surface area contributed by atoms with Crippen molar-refractivity contribution in [2.45, 2.75) is 33.2 Å². The zero-order chi connectivity index (χ0) is 13.8. The molecule has 0 unspecified atom stereocenters. The SMILES string of the molecule is C=CCn1c(C)csc1=Nc1ccccc1C(C)C. The van der Waals surface area contributed by atoms with E-state index in [0.717, 1.165) is 17.0 Å². The molecule has 2 rings (SSSR count). The number of thiazole rings is 1. The highest BCUT2D eigenvalue weighted by molar-refractivity contribution is 7.07. The summed E-state index contributed by atoms with van der Waals surface area (Å²) in [7, 11) is 0. The zero-order valence-electron chi connectivity index (χ0n) is 11.8. The van der Waals surface area contributed by atoms with Gasteiger partial charge in [-0.05, 0) is 24.5 Å². The summed E-state index contributed by atoms with van der Waals surface area (Å²) in [5, 5.41) is 2.14. The van der Waals surface area contributed by atoms with E-state index in [9.17, 15) is 0 Å². The first-order valence-corrected chi connectivity index (χ1v) is 7.41. The van der Waals surface area contributed by atoms with E-state index in [1.165, 1.54) is 11.3 Å². The highest BCUT2D eigenvalue weighted by Gasteiger charge is 2.06. The van der Waals surface area contributed by atoms with Gasteiger partial charge in [0.2, 0.25) is 0 Å². The predicted octanol–water partition coefficient (Wildman–Crippen LogP) is 4.40. The van der Waals surface area contributed by atoms with Gasteiger partial charge in [-0.25, -0.2) is 4.99 Å². The molecule has 100 valence electrons. The molecule has 0 saturated heterocycles. The number of allylic oxidation sites excluding steroid dienone is 1. The van der Waals surface area contributed by atoms with Crippen LogP contribution in [0.4, 0.5) is 5.69 Å². The van der Waals surface area contributed by atoms with Crippen LogP contribution in [0.5, 0.6) is 0 Å². The van der Waals surface area contributed by atoms with Gasteiger partial charge in [0.1, 0.15) is 0 Å². The molecule has 0 N–H and O–H groups in total. The van der Waals surface area contributed by atoms with E-state index >= 15 is 0 Å². The molecule has 2 aromatic rings. The molecular weight excluding hydrogens is 252 g/mol. The van der Waals surface area contributed by atoms with Crippen LogP contribution in [-0.4, -0.2) is 4.57 Å². The van der Waals surface area contributed by atoms with E-state index in [4.69, 9.17) is 4.99 Å². The summed E-state index contributed by atoms with van der Waals surface area (Å²) in [5.41, 5.74) is 3.58. The van der Waals surface area contributed by atoms with Crippen LogP contribution in [0.15, 0.2) is 47.3 Å². The van der Waals surface area contributed by atoms with Gasteiger partial charge in [-0.1, -0.05) is 38.1 Å². The highest BCUT2D eigenvalue weighted by Crippen LogP contribution is 2.25. The van der Waals surface area contributed by atoms with E-state index < -0.39 is 0 Å². The Morgan fingerprint density at radius 3 is 2.79 bits per heavy atom. The van der Waals surface area contributed by atoms with Gasteiger partial charge in [0, 0.05) is 17.6 Å². The number of benzene rings is 1. The Morgan fingerprint density at radius 2 is 2.11 bits per heavy atom. The van der Waals surface area contributed by atoms with Gasteiger partial charge in [0.15, 0.2) is 4.80 Å². The van der Waals surface area contributed by atoms with Gasteiger partial charge in [-0.2, -0.15) is 0 Å². The minimum absolute atomic E-state index is 0.480. The van der Waals surface area contributed by atoms with Crippen LogP contribution in [0, 0.1) is 6.92 Å². The molecule has 19 heavy (non-hydrogen) atoms. The third-order valence-electron chi connectivity index (χ3n) is 3.08. The molecule has 2 nitrogen and oxygen atoms in total. The molecule has 1 aromatic carbocycles. The minimum Gasteiger partial charge on any atom is -0.317 e. The Hall–Kier alpha value is -1.61. The number of hydrogen-bond acceptors (Lipinski definition) is 2. The lowest BCUT2D eigenvalue weighted by Crippen LogP contribution is -2.15. The first kappa shape index (κ1) is 13.8. The van der Waals surface area contributed by atoms with Crippen molar-refractivity contribution in [2.75, 3.05) is 0 Å². The molecule has 0 aliphatic heterocycles. The number of aryl methyl sites for hydroxylation is 1. The monoisotopic (exact) mass is 272 g/mol. The molecule has 0 atom stereocenters. The standard InChI is InChI=1S/C16H20N2S/c1-5-10-18-13(4)11-19-16(18)17-15-9-7-6-8-14(15)12(2)3/h5-9,11-12H,1,10H2,2-4H3. The second kappa shape index (κ2) is 6.02. The molecule has 0 saturated carbocycles. The summed E-state index contributed by atoms with van der Waals surface area (Å²) in [6.45, 7) is 11.1. The molecule has 3 heteroatoms. The quantitative estimate of drug-likeness (QED) is 0.734. The van der Waals surface area contributed by atoms with E-state index in [1.807, 2.05) is 12.1 Å². The minimum atomic E-state index is 0.480. The zero-order valence-corrected chi connectivity index (χ0v) is 12.6. The normalized spacial score (nSPS) is 12.1. The van der Waals surface area contributed by atoms with E-state index in [0.29, 0.717) is 5.92 Å². The maximum Gasteiger partial charge on any atom is 0.190 e. The third-order valence-corrected chi connectivity index (χ3v) is 4.06. The fraction of sp³-hybridized carbons (Fsp3) is 0.312. The van der Waals surface area contributed by atoms with Crippen molar-refractivity contribution in [3.8, 4) is 0 Å². The summed E-state index contributed by atoms with van der Waals surface area (Å²) in [6, 6.07) is 8.36. The summed E-state index contributed by atoms with van der Waals surface area (Å²) in [4.78, 5) is 5.87. The van der Waals surface area contributed by atoms with Crippen LogP contribution in [0.1, 0.15) is 31.0 Å². The third kappa shape index (κ3) is 3.04. The summed E-state index contributed by atoms with van der Waals surface area (Å²) in [5.74, 6) is 0.480. The Balaban J connectivity index is 2.55. The van der Waals surface area contributed by atoms with Crippen molar-refractivity contribution in [1.82, 2.24) is 4.57 Å². The largest absolute Gasteiger partial charge is 0.317 e. The molecule has 0 amide bonds. The van der Waals surface area contributed by atoms with Crippen molar-refractivity contribution in [3.63, 3.8) is 0 Å². The Morgan fingerprint density at radius 1 is 1.37 bits per heavy atom. The van der Waals surface area contributed by atoms with Crippen molar-refractivity contribution >= 4 is 17.0 Å². The fourth-order valence-electron chi connectivity index (χ4n) is 2.03. The van der Waals surface area contributed by atoms with Gasteiger partial charge in [0.05, 0.1) is 5.69 Å². The highest BCUT2D eigenvalue weighted by atomic mass is 32.1. The summed E-state index contributed by atoms with van der Waals surface area (Å²) >= 11 is 1.68. The summed E-state index contributed by atoms with van der Waals surface area (Å²) in [6.07, 6.45) is 1.91. The van der Waals surface area contributed by atoms with Crippen LogP contribution in [0.3, 0.4) is 0 Å². The lowest BCUT2D eigenvalue weighted by atomic mass is 10.0. The number of para-hydroxylation sites is 1. The molecule has 0 fully saturated rings. The first-order valence-electron chi connectivity index (χ1n) is 6.53. The fourth-order valence-corrected chi connectivity index (χ4v) is 2.93. The molecule has 1 aromatic heterocycles. The number of rotatable bonds is 4. The van der Waals surface area contributed by atoms with Crippen LogP contribution in [0.25, 0.3) is 0 Å². The van der Waals surface area contributed by atoms with Crippen LogP contribution in [-0.2, 0) is 6.54 Å². The molecule has 1 heterocycles. The number of nitrogens with zero attached hydrogens (tertiary/aromatic N) is 2. The van der Waals surface area contributed by atoms with Crippen LogP contribution >= 0.6 is 11.3 Å². The smallest absolute Gasteiger partial charge is 0.190 e. The topological polar surface area (TPSA) is 17.3 Å². The number of hydrogen-bond donors (Lipinski definition) is 0. The van der Waals surface area contributed by atoms with Gasteiger partial charge in [-0.15, -0.1) is 17.9 Å². The molecule has 0 bridgehead atoms. The van der Waals surface area contributed by atoms with Crippen molar-refractivity contribution < 1.29 is 0 Å². The molecule has 0 aliphatic rings. The molecule has 0 aliphatic carbocycles. The summed E-state index contributed by atoms with van der Waals surface area (Å²) < 4.78 is 2.19. The van der Waals surface area contributed by atoms with Gasteiger partial charge < -0.3 is 4.57 Å². The van der Waals surface area contributed by atoms with Gasteiger partial charge in [-0.3, -0.25) is 0 Å². The molecular formula is C16H20N2S. The van der Waals surface area contributed by atoms with Crippen molar-refractivity contribution in [1.29, 1.82) is 0 Å². The lowest BCUT2D eigenvalue weighted by Gasteiger charge is -2.08. The van der Waals surface area contributed by atoms with Crippen LogP contribution in [0.2, 0.25) is 0 Å².